The van der Waals surface area contributed by atoms with E-state index in [2.05, 4.69) is 19.2 Å². The second kappa shape index (κ2) is 8.12. The minimum absolute atomic E-state index is 0.00119. The standard InChI is InChI=1S/C14H29BN2O4/c1-10(2)9-17-12-7-11(8-12)14(16,13(18)19)5-3-4-6-15(20)21/h10-12,17,20-21H,3-9,16H2,1-2H3,(H,18,19). The average molecular weight is 300 g/mol. The second-order valence-corrected chi connectivity index (χ2v) is 6.74. The lowest BCUT2D eigenvalue weighted by atomic mass is 9.66. The van der Waals surface area contributed by atoms with Crippen LogP contribution in [0.2, 0.25) is 6.32 Å². The van der Waals surface area contributed by atoms with Crippen molar-refractivity contribution < 1.29 is 19.9 Å². The van der Waals surface area contributed by atoms with Gasteiger partial charge in [0.2, 0.25) is 0 Å². The number of carbonyl (C=O) groups is 1. The van der Waals surface area contributed by atoms with Gasteiger partial charge in [-0.3, -0.25) is 4.79 Å². The van der Waals surface area contributed by atoms with Crippen molar-refractivity contribution in [3.63, 3.8) is 0 Å². The third-order valence-corrected chi connectivity index (χ3v) is 4.38. The van der Waals surface area contributed by atoms with Crippen molar-refractivity contribution in [1.29, 1.82) is 0 Å². The number of rotatable bonds is 10. The Kier molecular flexibility index (Phi) is 7.13. The first kappa shape index (κ1) is 18.4. The van der Waals surface area contributed by atoms with Crippen LogP contribution in [0.5, 0.6) is 0 Å². The van der Waals surface area contributed by atoms with Crippen molar-refractivity contribution in [1.82, 2.24) is 5.32 Å². The van der Waals surface area contributed by atoms with Gasteiger partial charge < -0.3 is 26.2 Å². The van der Waals surface area contributed by atoms with Crippen LogP contribution < -0.4 is 11.1 Å². The summed E-state index contributed by atoms with van der Waals surface area (Å²) < 4.78 is 0. The minimum atomic E-state index is -1.32. The number of carboxylic acid groups (broad SMARTS) is 1. The molecule has 6 N–H and O–H groups in total. The molecule has 0 spiro atoms. The Morgan fingerprint density at radius 3 is 2.48 bits per heavy atom. The quantitative estimate of drug-likeness (QED) is 0.295. The molecular formula is C14H29BN2O4. The highest BCUT2D eigenvalue weighted by Gasteiger charge is 2.47. The molecule has 0 aromatic rings. The first-order valence-electron chi connectivity index (χ1n) is 7.87. The van der Waals surface area contributed by atoms with Gasteiger partial charge in [0.15, 0.2) is 0 Å². The summed E-state index contributed by atoms with van der Waals surface area (Å²) in [5.41, 5.74) is 4.94. The summed E-state index contributed by atoms with van der Waals surface area (Å²) in [7, 11) is -1.32. The zero-order chi connectivity index (χ0) is 16.0. The highest BCUT2D eigenvalue weighted by molar-refractivity contribution is 6.40. The van der Waals surface area contributed by atoms with Crippen molar-refractivity contribution in [2.75, 3.05) is 6.54 Å². The first-order valence-corrected chi connectivity index (χ1v) is 7.87. The maximum Gasteiger partial charge on any atom is 0.451 e. The van der Waals surface area contributed by atoms with Crippen LogP contribution in [-0.4, -0.2) is 46.4 Å². The van der Waals surface area contributed by atoms with Crippen molar-refractivity contribution in [2.24, 2.45) is 17.6 Å². The maximum atomic E-state index is 11.5. The predicted molar refractivity (Wildman–Crippen MR) is 82.8 cm³/mol. The van der Waals surface area contributed by atoms with E-state index in [0.29, 0.717) is 31.2 Å². The number of unbranched alkanes of at least 4 members (excludes halogenated alkanes) is 1. The highest BCUT2D eigenvalue weighted by Crippen LogP contribution is 2.38. The molecule has 0 amide bonds. The fourth-order valence-corrected chi connectivity index (χ4v) is 2.84. The molecule has 0 heterocycles. The maximum absolute atomic E-state index is 11.5. The zero-order valence-corrected chi connectivity index (χ0v) is 13.1. The van der Waals surface area contributed by atoms with Gasteiger partial charge in [-0.25, -0.2) is 0 Å². The van der Waals surface area contributed by atoms with Crippen LogP contribution in [0, 0.1) is 11.8 Å². The molecule has 0 aromatic carbocycles. The van der Waals surface area contributed by atoms with E-state index in [1.54, 1.807) is 0 Å². The molecule has 7 heteroatoms. The van der Waals surface area contributed by atoms with Crippen LogP contribution in [-0.2, 0) is 4.79 Å². The van der Waals surface area contributed by atoms with Crippen LogP contribution >= 0.6 is 0 Å². The molecule has 1 fully saturated rings. The molecule has 0 saturated heterocycles. The second-order valence-electron chi connectivity index (χ2n) is 6.74. The molecule has 1 rings (SSSR count). The van der Waals surface area contributed by atoms with E-state index in [1.807, 2.05) is 0 Å². The van der Waals surface area contributed by atoms with E-state index >= 15 is 0 Å². The molecule has 1 atom stereocenters. The zero-order valence-electron chi connectivity index (χ0n) is 13.1. The fraction of sp³-hybridized carbons (Fsp3) is 0.929. The molecular weight excluding hydrogens is 271 g/mol. The number of nitrogens with one attached hydrogen (secondary N) is 1. The summed E-state index contributed by atoms with van der Waals surface area (Å²) in [6, 6.07) is 0.374. The molecule has 0 bridgehead atoms. The normalized spacial score (nSPS) is 24.5. The minimum Gasteiger partial charge on any atom is -0.480 e. The summed E-state index contributed by atoms with van der Waals surface area (Å²) in [4.78, 5) is 11.5. The molecule has 0 aliphatic heterocycles. The van der Waals surface area contributed by atoms with Gasteiger partial charge in [-0.1, -0.05) is 26.7 Å². The molecule has 1 aliphatic rings. The Morgan fingerprint density at radius 2 is 2.00 bits per heavy atom. The molecule has 1 aliphatic carbocycles. The van der Waals surface area contributed by atoms with E-state index in [4.69, 9.17) is 15.8 Å². The van der Waals surface area contributed by atoms with Crippen LogP contribution in [0.3, 0.4) is 0 Å². The van der Waals surface area contributed by atoms with Gasteiger partial charge in [-0.15, -0.1) is 0 Å². The van der Waals surface area contributed by atoms with Gasteiger partial charge in [0, 0.05) is 6.04 Å². The number of carboxylic acids is 1. The van der Waals surface area contributed by atoms with Crippen molar-refractivity contribution >= 4 is 13.1 Å². The molecule has 122 valence electrons. The van der Waals surface area contributed by atoms with Crippen molar-refractivity contribution in [3.05, 3.63) is 0 Å². The van der Waals surface area contributed by atoms with E-state index in [9.17, 15) is 9.90 Å². The van der Waals surface area contributed by atoms with E-state index in [1.165, 1.54) is 0 Å². The van der Waals surface area contributed by atoms with E-state index in [0.717, 1.165) is 19.4 Å². The Labute approximate surface area is 127 Å². The molecule has 0 radical (unpaired) electrons. The summed E-state index contributed by atoms with van der Waals surface area (Å²) in [6.45, 7) is 5.23. The average Bonchev–Trinajstić information content (AvgIpc) is 2.31. The lowest BCUT2D eigenvalue weighted by molar-refractivity contribution is -0.148. The lowest BCUT2D eigenvalue weighted by Crippen LogP contribution is -2.61. The number of aliphatic carboxylic acids is 1. The van der Waals surface area contributed by atoms with Crippen molar-refractivity contribution in [2.45, 2.75) is 63.9 Å². The number of nitrogens with two attached hydrogens (primary N) is 1. The molecule has 0 aromatic heterocycles. The molecule has 6 nitrogen and oxygen atoms in total. The van der Waals surface area contributed by atoms with Gasteiger partial charge >= 0.3 is 13.1 Å². The Bertz CT molecular complexity index is 335. The SMILES string of the molecule is CC(C)CNC1CC(C(N)(CCCCB(O)O)C(=O)O)C1. The number of hydrogen-bond acceptors (Lipinski definition) is 5. The summed E-state index contributed by atoms with van der Waals surface area (Å²) in [5, 5.41) is 30.5. The van der Waals surface area contributed by atoms with Crippen LogP contribution in [0.4, 0.5) is 0 Å². The topological polar surface area (TPSA) is 116 Å². The largest absolute Gasteiger partial charge is 0.480 e. The summed E-state index contributed by atoms with van der Waals surface area (Å²) in [6.07, 6.45) is 3.43. The third kappa shape index (κ3) is 5.58. The van der Waals surface area contributed by atoms with Crippen LogP contribution in [0.15, 0.2) is 0 Å². The van der Waals surface area contributed by atoms with Gasteiger partial charge in [0.05, 0.1) is 0 Å². The summed E-state index contributed by atoms with van der Waals surface area (Å²) in [5.74, 6) is -0.367. The van der Waals surface area contributed by atoms with Crippen LogP contribution in [0.25, 0.3) is 0 Å². The third-order valence-electron chi connectivity index (χ3n) is 4.38. The predicted octanol–water partition coefficient (Wildman–Crippen LogP) is 0.436. The fourth-order valence-electron chi connectivity index (χ4n) is 2.84. The van der Waals surface area contributed by atoms with E-state index in [-0.39, 0.29) is 12.2 Å². The first-order chi connectivity index (χ1) is 9.75. The molecule has 21 heavy (non-hydrogen) atoms. The number of hydrogen-bond donors (Lipinski definition) is 5. The Hall–Kier alpha value is -0.625. The molecule has 1 saturated carbocycles. The van der Waals surface area contributed by atoms with Crippen LogP contribution in [0.1, 0.15) is 46.0 Å². The van der Waals surface area contributed by atoms with Gasteiger partial charge in [-0.05, 0) is 44.0 Å². The van der Waals surface area contributed by atoms with E-state index < -0.39 is 18.6 Å². The Balaban J connectivity index is 2.38. The highest BCUT2D eigenvalue weighted by atomic mass is 16.4. The smallest absolute Gasteiger partial charge is 0.451 e. The van der Waals surface area contributed by atoms with Gasteiger partial charge in [0.1, 0.15) is 5.54 Å². The lowest BCUT2D eigenvalue weighted by Gasteiger charge is -2.45. The van der Waals surface area contributed by atoms with Crippen molar-refractivity contribution in [3.8, 4) is 0 Å². The molecule has 1 unspecified atom stereocenters. The van der Waals surface area contributed by atoms with Gasteiger partial charge in [-0.2, -0.15) is 0 Å². The van der Waals surface area contributed by atoms with Gasteiger partial charge in [0.25, 0.3) is 0 Å². The Morgan fingerprint density at radius 1 is 1.38 bits per heavy atom. The monoisotopic (exact) mass is 300 g/mol. The summed E-state index contributed by atoms with van der Waals surface area (Å²) >= 11 is 0.